The monoisotopic (exact) mass is 371 g/mol. The predicted molar refractivity (Wildman–Crippen MR) is 110 cm³/mol. The molecule has 6 nitrogen and oxygen atoms in total. The first kappa shape index (κ1) is 19.1. The molecule has 0 radical (unpaired) electrons. The van der Waals surface area contributed by atoms with Crippen molar-refractivity contribution in [1.29, 1.82) is 5.26 Å². The van der Waals surface area contributed by atoms with Gasteiger partial charge in [-0.25, -0.2) is 9.97 Å². The zero-order chi connectivity index (χ0) is 20.3. The van der Waals surface area contributed by atoms with E-state index in [-0.39, 0.29) is 5.69 Å². The number of benzene rings is 2. The summed E-state index contributed by atoms with van der Waals surface area (Å²) in [6.45, 7) is 7.85. The van der Waals surface area contributed by atoms with E-state index in [1.54, 1.807) is 37.3 Å². The van der Waals surface area contributed by atoms with Gasteiger partial charge in [0.15, 0.2) is 0 Å². The van der Waals surface area contributed by atoms with Crippen molar-refractivity contribution >= 4 is 23.1 Å². The van der Waals surface area contributed by atoms with E-state index in [1.807, 2.05) is 13.8 Å². The Morgan fingerprint density at radius 1 is 1.00 bits per heavy atom. The first-order valence-electron chi connectivity index (χ1n) is 8.88. The van der Waals surface area contributed by atoms with Gasteiger partial charge in [-0.1, -0.05) is 29.8 Å². The molecule has 3 aromatic rings. The number of aromatic nitrogens is 2. The molecule has 0 aliphatic heterocycles. The molecule has 0 fully saturated rings. The number of hydrogen-bond acceptors (Lipinski definition) is 5. The first-order chi connectivity index (χ1) is 13.4. The molecule has 1 aromatic heterocycles. The van der Waals surface area contributed by atoms with E-state index in [4.69, 9.17) is 0 Å². The molecule has 2 N–H and O–H groups in total. The molecule has 0 bridgehead atoms. The van der Waals surface area contributed by atoms with Crippen molar-refractivity contribution in [3.63, 3.8) is 0 Å². The Morgan fingerprint density at radius 3 is 2.36 bits per heavy atom. The first-order valence-corrected chi connectivity index (χ1v) is 8.88. The van der Waals surface area contributed by atoms with E-state index in [0.29, 0.717) is 22.9 Å². The molecule has 2 aromatic carbocycles. The number of nitrogens with one attached hydrogen (secondary N) is 2. The van der Waals surface area contributed by atoms with Gasteiger partial charge in [-0.3, -0.25) is 4.79 Å². The van der Waals surface area contributed by atoms with Crippen LogP contribution in [0.2, 0.25) is 0 Å². The molecular weight excluding hydrogens is 350 g/mol. The van der Waals surface area contributed by atoms with Gasteiger partial charge >= 0.3 is 0 Å². The number of carbonyl (C=O) groups is 1. The zero-order valence-electron chi connectivity index (χ0n) is 16.3. The Labute approximate surface area is 164 Å². The van der Waals surface area contributed by atoms with Gasteiger partial charge in [0.05, 0.1) is 11.3 Å². The van der Waals surface area contributed by atoms with E-state index in [2.05, 4.69) is 45.7 Å². The van der Waals surface area contributed by atoms with E-state index < -0.39 is 5.91 Å². The highest BCUT2D eigenvalue weighted by Crippen LogP contribution is 2.25. The van der Waals surface area contributed by atoms with Crippen LogP contribution in [0.25, 0.3) is 0 Å². The van der Waals surface area contributed by atoms with Crippen LogP contribution >= 0.6 is 0 Å². The molecule has 140 valence electrons. The van der Waals surface area contributed by atoms with Crippen molar-refractivity contribution in [3.8, 4) is 6.07 Å². The standard InChI is InChI=1S/C22H21N5O/c1-13-9-14(2)21(15(3)10-13)27-20-11-19(24-16(4)25-20)22(28)26-18-8-6-5-7-17(18)12-23/h5-11H,1-4H3,(H,26,28)(H,24,25,27). The average molecular weight is 371 g/mol. The lowest BCUT2D eigenvalue weighted by Crippen LogP contribution is -2.16. The van der Waals surface area contributed by atoms with Gasteiger partial charge in [0, 0.05) is 11.8 Å². The molecule has 0 aliphatic carbocycles. The van der Waals surface area contributed by atoms with Crippen LogP contribution in [0.1, 0.15) is 38.6 Å². The highest BCUT2D eigenvalue weighted by molar-refractivity contribution is 6.04. The van der Waals surface area contributed by atoms with Crippen LogP contribution in [0.5, 0.6) is 0 Å². The van der Waals surface area contributed by atoms with Crippen molar-refractivity contribution in [3.05, 3.63) is 76.2 Å². The van der Waals surface area contributed by atoms with Gasteiger partial charge < -0.3 is 10.6 Å². The molecule has 1 amide bonds. The minimum Gasteiger partial charge on any atom is -0.340 e. The molecule has 0 spiro atoms. The number of hydrogen-bond donors (Lipinski definition) is 2. The minimum absolute atomic E-state index is 0.227. The van der Waals surface area contributed by atoms with Crippen LogP contribution in [0, 0.1) is 39.0 Å². The number of nitriles is 1. The summed E-state index contributed by atoms with van der Waals surface area (Å²) in [5, 5.41) is 15.2. The third-order valence-electron chi connectivity index (χ3n) is 4.30. The summed E-state index contributed by atoms with van der Waals surface area (Å²) in [4.78, 5) is 21.3. The summed E-state index contributed by atoms with van der Waals surface area (Å²) in [6.07, 6.45) is 0. The number of amides is 1. The number of para-hydroxylation sites is 1. The van der Waals surface area contributed by atoms with Gasteiger partial charge in [-0.15, -0.1) is 0 Å². The Morgan fingerprint density at radius 2 is 1.68 bits per heavy atom. The van der Waals surface area contributed by atoms with Crippen LogP contribution in [0.3, 0.4) is 0 Å². The number of anilines is 3. The molecule has 1 heterocycles. The molecular formula is C22H21N5O. The van der Waals surface area contributed by atoms with Crippen LogP contribution in [-0.4, -0.2) is 15.9 Å². The zero-order valence-corrected chi connectivity index (χ0v) is 16.3. The maximum atomic E-state index is 12.7. The van der Waals surface area contributed by atoms with Crippen molar-refractivity contribution in [1.82, 2.24) is 9.97 Å². The second kappa shape index (κ2) is 7.89. The van der Waals surface area contributed by atoms with Crippen molar-refractivity contribution in [2.24, 2.45) is 0 Å². The summed E-state index contributed by atoms with van der Waals surface area (Å²) >= 11 is 0. The summed E-state index contributed by atoms with van der Waals surface area (Å²) < 4.78 is 0. The highest BCUT2D eigenvalue weighted by atomic mass is 16.1. The molecule has 0 saturated carbocycles. The number of carbonyl (C=O) groups excluding carboxylic acids is 1. The van der Waals surface area contributed by atoms with E-state index in [0.717, 1.165) is 16.8 Å². The van der Waals surface area contributed by atoms with Crippen molar-refractivity contribution < 1.29 is 4.79 Å². The fraction of sp³-hybridized carbons (Fsp3) is 0.182. The lowest BCUT2D eigenvalue weighted by molar-refractivity contribution is 0.102. The molecule has 3 rings (SSSR count). The second-order valence-corrected chi connectivity index (χ2v) is 6.70. The molecule has 0 atom stereocenters. The fourth-order valence-corrected chi connectivity index (χ4v) is 3.13. The lowest BCUT2D eigenvalue weighted by atomic mass is 10.1. The predicted octanol–water partition coefficient (Wildman–Crippen LogP) is 4.58. The number of rotatable bonds is 4. The Hall–Kier alpha value is -3.72. The lowest BCUT2D eigenvalue weighted by Gasteiger charge is -2.14. The van der Waals surface area contributed by atoms with Crippen molar-refractivity contribution in [2.45, 2.75) is 27.7 Å². The fourth-order valence-electron chi connectivity index (χ4n) is 3.13. The Balaban J connectivity index is 1.90. The minimum atomic E-state index is -0.395. The number of nitrogens with zero attached hydrogens (tertiary/aromatic N) is 3. The Kier molecular flexibility index (Phi) is 5.37. The molecule has 0 aliphatic rings. The maximum absolute atomic E-state index is 12.7. The summed E-state index contributed by atoms with van der Waals surface area (Å²) in [7, 11) is 0. The van der Waals surface area contributed by atoms with Crippen molar-refractivity contribution in [2.75, 3.05) is 10.6 Å². The molecule has 0 unspecified atom stereocenters. The third kappa shape index (κ3) is 4.15. The summed E-state index contributed by atoms with van der Waals surface area (Å²) in [5.41, 5.74) is 5.42. The van der Waals surface area contributed by atoms with Gasteiger partial charge in [0.2, 0.25) is 0 Å². The largest absolute Gasteiger partial charge is 0.340 e. The smallest absolute Gasteiger partial charge is 0.274 e. The SMILES string of the molecule is Cc1cc(C)c(Nc2cc(C(=O)Nc3ccccc3C#N)nc(C)n2)c(C)c1. The van der Waals surface area contributed by atoms with Gasteiger partial charge in [-0.05, 0) is 51.0 Å². The second-order valence-electron chi connectivity index (χ2n) is 6.70. The Bertz CT molecular complexity index is 1080. The van der Waals surface area contributed by atoms with Gasteiger partial charge in [0.1, 0.15) is 23.4 Å². The average Bonchev–Trinajstić information content (AvgIpc) is 2.64. The van der Waals surface area contributed by atoms with Crippen LogP contribution in [0.15, 0.2) is 42.5 Å². The number of aryl methyl sites for hydroxylation is 4. The molecule has 0 saturated heterocycles. The normalized spacial score (nSPS) is 10.2. The third-order valence-corrected chi connectivity index (χ3v) is 4.30. The van der Waals surface area contributed by atoms with Crippen LogP contribution < -0.4 is 10.6 Å². The van der Waals surface area contributed by atoms with E-state index in [9.17, 15) is 10.1 Å². The van der Waals surface area contributed by atoms with E-state index >= 15 is 0 Å². The quantitative estimate of drug-likeness (QED) is 0.700. The van der Waals surface area contributed by atoms with E-state index in [1.165, 1.54) is 5.56 Å². The molecule has 6 heteroatoms. The summed E-state index contributed by atoms with van der Waals surface area (Å²) in [5.74, 6) is 0.626. The van der Waals surface area contributed by atoms with Crippen LogP contribution in [0.4, 0.5) is 17.2 Å². The van der Waals surface area contributed by atoms with Crippen LogP contribution in [-0.2, 0) is 0 Å². The maximum Gasteiger partial charge on any atom is 0.274 e. The van der Waals surface area contributed by atoms with Gasteiger partial charge in [0.25, 0.3) is 5.91 Å². The topological polar surface area (TPSA) is 90.7 Å². The highest BCUT2D eigenvalue weighted by Gasteiger charge is 2.14. The summed E-state index contributed by atoms with van der Waals surface area (Å²) in [6, 6.07) is 14.7. The molecule has 28 heavy (non-hydrogen) atoms. The van der Waals surface area contributed by atoms with Gasteiger partial charge in [-0.2, -0.15) is 5.26 Å².